The fourth-order valence-corrected chi connectivity index (χ4v) is 3.32. The summed E-state index contributed by atoms with van der Waals surface area (Å²) in [5.41, 5.74) is 1.63. The highest BCUT2D eigenvalue weighted by atomic mass is 79.9. The van der Waals surface area contributed by atoms with Crippen molar-refractivity contribution in [3.63, 3.8) is 0 Å². The molecular formula is C17H19BrFN5OS. The molecule has 3 rings (SSSR count). The maximum atomic E-state index is 12.4. The number of halogens is 2. The van der Waals surface area contributed by atoms with Crippen LogP contribution in [0.2, 0.25) is 0 Å². The van der Waals surface area contributed by atoms with Crippen molar-refractivity contribution in [2.24, 2.45) is 0 Å². The van der Waals surface area contributed by atoms with E-state index in [4.69, 9.17) is 4.74 Å². The van der Waals surface area contributed by atoms with Gasteiger partial charge in [0.05, 0.1) is 18.1 Å². The molecule has 0 aliphatic rings. The number of anilines is 1. The minimum Gasteiger partial charge on any atom is -0.487 e. The number of hydrogen-bond acceptors (Lipinski definition) is 6. The first-order chi connectivity index (χ1) is 12.6. The first-order valence-corrected chi connectivity index (χ1v) is 9.84. The average Bonchev–Trinajstić information content (AvgIpc) is 3.06. The number of nitrogens with one attached hydrogen (secondary N) is 1. The van der Waals surface area contributed by atoms with Gasteiger partial charge in [-0.2, -0.15) is 0 Å². The summed E-state index contributed by atoms with van der Waals surface area (Å²) < 4.78 is 23.9. The van der Waals surface area contributed by atoms with Crippen molar-refractivity contribution < 1.29 is 9.13 Å². The molecule has 0 aliphatic heterocycles. The predicted molar refractivity (Wildman–Crippen MR) is 105 cm³/mol. The summed E-state index contributed by atoms with van der Waals surface area (Å²) in [4.78, 5) is 13.2. The third-order valence-electron chi connectivity index (χ3n) is 3.88. The molecule has 1 unspecified atom stereocenters. The maximum absolute atomic E-state index is 12.4. The van der Waals surface area contributed by atoms with Crippen molar-refractivity contribution >= 4 is 39.5 Å². The Balaban J connectivity index is 1.78. The number of rotatable bonds is 8. The normalized spacial score (nSPS) is 12.3. The zero-order chi connectivity index (χ0) is 18.5. The lowest BCUT2D eigenvalue weighted by Crippen LogP contribution is -2.08. The average molecular weight is 440 g/mol. The van der Waals surface area contributed by atoms with Crippen LogP contribution < -0.4 is 9.46 Å². The standard InChI is InChI=1S/C17H19BrFN5OS/c1-3-11(2)16-13(25-7-5-19)9-21-17(22-16)23-26-15-10-20-14-8-12(18)4-6-24(14)15/h4,6,8-11H,3,5,7H2,1-2H3,(H,21,22,23). The number of ether oxygens (including phenoxy) is 1. The van der Waals surface area contributed by atoms with Gasteiger partial charge in [0.25, 0.3) is 0 Å². The van der Waals surface area contributed by atoms with Gasteiger partial charge in [-0.25, -0.2) is 19.3 Å². The number of imidazole rings is 1. The van der Waals surface area contributed by atoms with Crippen molar-refractivity contribution in [3.8, 4) is 5.75 Å². The highest BCUT2D eigenvalue weighted by molar-refractivity contribution is 9.10. The predicted octanol–water partition coefficient (Wildman–Crippen LogP) is 4.87. The van der Waals surface area contributed by atoms with Crippen molar-refractivity contribution in [2.45, 2.75) is 31.2 Å². The number of hydrogen-bond donors (Lipinski definition) is 1. The summed E-state index contributed by atoms with van der Waals surface area (Å²) in [6.45, 7) is 3.60. The quantitative estimate of drug-likeness (QED) is 0.505. The van der Waals surface area contributed by atoms with E-state index in [9.17, 15) is 4.39 Å². The second-order valence-corrected chi connectivity index (χ2v) is 7.41. The van der Waals surface area contributed by atoms with E-state index in [-0.39, 0.29) is 12.5 Å². The third-order valence-corrected chi connectivity index (χ3v) is 5.17. The first-order valence-electron chi connectivity index (χ1n) is 8.23. The molecule has 6 nitrogen and oxygen atoms in total. The zero-order valence-electron chi connectivity index (χ0n) is 14.4. The largest absolute Gasteiger partial charge is 0.487 e. The Morgan fingerprint density at radius 3 is 3.00 bits per heavy atom. The van der Waals surface area contributed by atoms with Gasteiger partial charge in [0.15, 0.2) is 5.75 Å². The molecule has 3 heterocycles. The Labute approximate surface area is 163 Å². The number of aromatic nitrogens is 4. The molecule has 1 N–H and O–H groups in total. The molecular weight excluding hydrogens is 421 g/mol. The number of nitrogens with zero attached hydrogens (tertiary/aromatic N) is 4. The van der Waals surface area contributed by atoms with Crippen LogP contribution >= 0.6 is 27.9 Å². The van der Waals surface area contributed by atoms with Gasteiger partial charge >= 0.3 is 0 Å². The molecule has 1 atom stereocenters. The summed E-state index contributed by atoms with van der Waals surface area (Å²) in [5, 5.41) is 0.916. The van der Waals surface area contributed by atoms with Crippen LogP contribution in [-0.2, 0) is 0 Å². The molecule has 26 heavy (non-hydrogen) atoms. The molecule has 0 saturated carbocycles. The van der Waals surface area contributed by atoms with Crippen molar-refractivity contribution in [1.82, 2.24) is 19.4 Å². The summed E-state index contributed by atoms with van der Waals surface area (Å²) in [5.74, 6) is 1.20. The van der Waals surface area contributed by atoms with Crippen LogP contribution in [0.1, 0.15) is 31.9 Å². The SMILES string of the molecule is CCC(C)c1nc(NSc2cnc3cc(Br)ccn23)ncc1OCCF. The molecule has 0 spiro atoms. The summed E-state index contributed by atoms with van der Waals surface area (Å²) in [7, 11) is 0. The molecule has 0 bridgehead atoms. The van der Waals surface area contributed by atoms with Crippen LogP contribution in [0, 0.1) is 0 Å². The third kappa shape index (κ3) is 4.27. The highest BCUT2D eigenvalue weighted by Gasteiger charge is 2.15. The molecule has 0 aliphatic carbocycles. The summed E-state index contributed by atoms with van der Waals surface area (Å²) in [6.07, 6.45) is 6.22. The molecule has 9 heteroatoms. The van der Waals surface area contributed by atoms with Gasteiger partial charge in [-0.05, 0) is 18.6 Å². The molecule has 0 radical (unpaired) electrons. The Morgan fingerprint density at radius 2 is 2.23 bits per heavy atom. The van der Waals surface area contributed by atoms with Gasteiger partial charge in [-0.15, -0.1) is 0 Å². The lowest BCUT2D eigenvalue weighted by molar-refractivity contribution is 0.267. The van der Waals surface area contributed by atoms with Crippen molar-refractivity contribution in [3.05, 3.63) is 40.9 Å². The highest BCUT2D eigenvalue weighted by Crippen LogP contribution is 2.29. The molecule has 0 amide bonds. The Bertz CT molecular complexity index is 891. The van der Waals surface area contributed by atoms with Gasteiger partial charge in [-0.3, -0.25) is 9.12 Å². The molecule has 0 fully saturated rings. The van der Waals surface area contributed by atoms with Crippen molar-refractivity contribution in [1.29, 1.82) is 0 Å². The Morgan fingerprint density at radius 1 is 1.38 bits per heavy atom. The maximum Gasteiger partial charge on any atom is 0.233 e. The summed E-state index contributed by atoms with van der Waals surface area (Å²) in [6, 6.07) is 3.89. The fourth-order valence-electron chi connectivity index (χ4n) is 2.35. The van der Waals surface area contributed by atoms with E-state index in [1.165, 1.54) is 11.9 Å². The fraction of sp³-hybridized carbons (Fsp3) is 0.353. The molecule has 0 saturated heterocycles. The minimum absolute atomic E-state index is 0.00565. The molecule has 3 aromatic rings. The van der Waals surface area contributed by atoms with Crippen LogP contribution in [0.3, 0.4) is 0 Å². The van der Waals surface area contributed by atoms with Crippen LogP contribution in [0.25, 0.3) is 5.65 Å². The van der Waals surface area contributed by atoms with E-state index in [0.29, 0.717) is 11.7 Å². The molecule has 138 valence electrons. The smallest absolute Gasteiger partial charge is 0.233 e. The second kappa shape index (κ2) is 8.68. The minimum atomic E-state index is -0.541. The van der Waals surface area contributed by atoms with Crippen LogP contribution in [0.5, 0.6) is 5.75 Å². The lowest BCUT2D eigenvalue weighted by Gasteiger charge is -2.15. The number of alkyl halides is 1. The molecule has 0 aromatic carbocycles. The number of fused-ring (bicyclic) bond motifs is 1. The van der Waals surface area contributed by atoms with E-state index >= 15 is 0 Å². The van der Waals surface area contributed by atoms with E-state index in [1.807, 2.05) is 22.7 Å². The first kappa shape index (κ1) is 18.9. The van der Waals surface area contributed by atoms with Gasteiger partial charge in [0.2, 0.25) is 5.95 Å². The molecule has 3 aromatic heterocycles. The topological polar surface area (TPSA) is 64.3 Å². The second-order valence-electron chi connectivity index (χ2n) is 5.66. The van der Waals surface area contributed by atoms with Crippen LogP contribution in [0.4, 0.5) is 10.3 Å². The van der Waals surface area contributed by atoms with Crippen LogP contribution in [-0.4, -0.2) is 32.6 Å². The Hall–Kier alpha value is -1.87. The van der Waals surface area contributed by atoms with Crippen molar-refractivity contribution in [2.75, 3.05) is 18.0 Å². The van der Waals surface area contributed by atoms with Gasteiger partial charge in [0, 0.05) is 28.5 Å². The van der Waals surface area contributed by atoms with E-state index in [1.54, 1.807) is 12.4 Å². The van der Waals surface area contributed by atoms with Gasteiger partial charge in [-0.1, -0.05) is 29.8 Å². The number of pyridine rings is 1. The van der Waals surface area contributed by atoms with Gasteiger partial charge in [0.1, 0.15) is 24.0 Å². The van der Waals surface area contributed by atoms with Crippen LogP contribution in [0.15, 0.2) is 40.2 Å². The monoisotopic (exact) mass is 439 g/mol. The summed E-state index contributed by atoms with van der Waals surface area (Å²) >= 11 is 4.82. The van der Waals surface area contributed by atoms with E-state index in [0.717, 1.165) is 27.3 Å². The van der Waals surface area contributed by atoms with E-state index < -0.39 is 6.67 Å². The Kier molecular flexibility index (Phi) is 6.31. The van der Waals surface area contributed by atoms with Gasteiger partial charge < -0.3 is 4.74 Å². The zero-order valence-corrected chi connectivity index (χ0v) is 16.8. The van der Waals surface area contributed by atoms with E-state index in [2.05, 4.69) is 49.5 Å². The lowest BCUT2D eigenvalue weighted by atomic mass is 10.0.